The number of imide groups is 1. The van der Waals surface area contributed by atoms with Crippen molar-refractivity contribution in [3.8, 4) is 11.3 Å². The van der Waals surface area contributed by atoms with Gasteiger partial charge in [0, 0.05) is 32.7 Å². The van der Waals surface area contributed by atoms with Crippen molar-refractivity contribution in [2.45, 2.75) is 51.0 Å². The van der Waals surface area contributed by atoms with E-state index in [9.17, 15) is 29.5 Å². The molecule has 0 aliphatic carbocycles. The SMILES string of the molecule is CC(C)(O)c1ccnc(-c2cccc3cc([C@H](N[S@@+]([O-])C(C)(C)C)c4nc(N(C(=O)O)C(=O)O)ccc4Cl)sc23)c1. The van der Waals surface area contributed by atoms with Gasteiger partial charge in [0.1, 0.15) is 16.6 Å². The highest BCUT2D eigenvalue weighted by Crippen LogP contribution is 2.41. The number of fused-ring (bicyclic) bond motifs is 1. The second kappa shape index (κ2) is 11.6. The lowest BCUT2D eigenvalue weighted by Crippen LogP contribution is -2.42. The Bertz CT molecular complexity index is 1600. The molecule has 41 heavy (non-hydrogen) atoms. The predicted molar refractivity (Wildman–Crippen MR) is 161 cm³/mol. The summed E-state index contributed by atoms with van der Waals surface area (Å²) in [6.45, 7) is 8.77. The Kier molecular flexibility index (Phi) is 8.65. The topological polar surface area (TPSA) is 159 Å². The summed E-state index contributed by atoms with van der Waals surface area (Å²) in [6.07, 6.45) is -1.82. The monoisotopic (exact) mass is 616 g/mol. The molecule has 0 aliphatic heterocycles. The van der Waals surface area contributed by atoms with Crippen LogP contribution < -0.4 is 9.62 Å². The van der Waals surface area contributed by atoms with Crippen molar-refractivity contribution in [2.75, 3.05) is 4.90 Å². The summed E-state index contributed by atoms with van der Waals surface area (Å²) < 4.78 is 16.6. The molecule has 1 aromatic carbocycles. The zero-order valence-electron chi connectivity index (χ0n) is 22.9. The van der Waals surface area contributed by atoms with Crippen LogP contribution in [-0.2, 0) is 17.0 Å². The van der Waals surface area contributed by atoms with Crippen molar-refractivity contribution in [2.24, 2.45) is 0 Å². The van der Waals surface area contributed by atoms with Gasteiger partial charge in [-0.3, -0.25) is 4.98 Å². The van der Waals surface area contributed by atoms with E-state index >= 15 is 0 Å². The van der Waals surface area contributed by atoms with Crippen molar-refractivity contribution >= 4 is 62.4 Å². The Morgan fingerprint density at radius 2 is 1.76 bits per heavy atom. The quantitative estimate of drug-likeness (QED) is 0.169. The summed E-state index contributed by atoms with van der Waals surface area (Å²) in [5.74, 6) is -0.368. The van der Waals surface area contributed by atoms with Gasteiger partial charge in [-0.05, 0) is 75.9 Å². The van der Waals surface area contributed by atoms with E-state index in [-0.39, 0.29) is 21.4 Å². The van der Waals surface area contributed by atoms with Crippen LogP contribution in [0.5, 0.6) is 0 Å². The maximum atomic E-state index is 13.3. The van der Waals surface area contributed by atoms with Crippen LogP contribution in [0.3, 0.4) is 0 Å². The Morgan fingerprint density at radius 1 is 1.07 bits per heavy atom. The standard InChI is InChI=1S/C28H29ClN4O6S2/c1-27(2,3)41(39)32-23(22-18(29)9-10-21(31-22)33(25(34)35)26(36)37)20-13-15-7-6-8-17(24(15)40-20)19-14-16(11-12-30-19)28(4,5)38/h6-14,23,32,38H,1-5H3,(H,34,35)(H,36,37)/t23-,41-/m0/s1. The van der Waals surface area contributed by atoms with Crippen LogP contribution >= 0.6 is 22.9 Å². The van der Waals surface area contributed by atoms with Crippen LogP contribution in [0.1, 0.15) is 56.8 Å². The molecule has 0 radical (unpaired) electrons. The van der Waals surface area contributed by atoms with E-state index < -0.39 is 39.9 Å². The fourth-order valence-corrected chi connectivity index (χ4v) is 6.30. The molecule has 0 saturated carbocycles. The molecule has 2 atom stereocenters. The number of halogens is 1. The number of anilines is 1. The molecule has 2 amide bonds. The minimum atomic E-state index is -1.73. The number of carboxylic acid groups (broad SMARTS) is 2. The number of hydrogen-bond donors (Lipinski definition) is 4. The third-order valence-corrected chi connectivity index (χ3v) is 9.25. The lowest BCUT2D eigenvalue weighted by Gasteiger charge is -2.28. The van der Waals surface area contributed by atoms with E-state index in [4.69, 9.17) is 11.6 Å². The smallest absolute Gasteiger partial charge is 0.422 e. The zero-order valence-corrected chi connectivity index (χ0v) is 25.3. The molecule has 4 aromatic rings. The number of nitrogens with one attached hydrogen (secondary N) is 1. The van der Waals surface area contributed by atoms with Crippen molar-refractivity contribution < 1.29 is 29.5 Å². The van der Waals surface area contributed by atoms with Gasteiger partial charge in [-0.15, -0.1) is 16.1 Å². The minimum Gasteiger partial charge on any atom is -0.598 e. The Morgan fingerprint density at radius 3 is 2.37 bits per heavy atom. The van der Waals surface area contributed by atoms with Crippen LogP contribution in [0.4, 0.5) is 15.4 Å². The van der Waals surface area contributed by atoms with Crippen molar-refractivity contribution in [1.82, 2.24) is 14.7 Å². The van der Waals surface area contributed by atoms with E-state index in [1.54, 1.807) is 46.9 Å². The van der Waals surface area contributed by atoms with Gasteiger partial charge in [-0.25, -0.2) is 14.6 Å². The zero-order chi connectivity index (χ0) is 30.3. The van der Waals surface area contributed by atoms with Gasteiger partial charge >= 0.3 is 12.2 Å². The van der Waals surface area contributed by atoms with Crippen molar-refractivity contribution in [1.29, 1.82) is 0 Å². The minimum absolute atomic E-state index is 0.0853. The van der Waals surface area contributed by atoms with Crippen LogP contribution in [0.15, 0.2) is 54.7 Å². The molecule has 3 heterocycles. The molecule has 0 bridgehead atoms. The number of amides is 2. The van der Waals surface area contributed by atoms with Gasteiger partial charge in [-0.2, -0.15) is 4.90 Å². The van der Waals surface area contributed by atoms with Crippen molar-refractivity contribution in [3.63, 3.8) is 0 Å². The lowest BCUT2D eigenvalue weighted by molar-refractivity contribution is 0.0785. The second-order valence-corrected chi connectivity index (χ2v) is 14.2. The molecule has 0 saturated heterocycles. The highest BCUT2D eigenvalue weighted by molar-refractivity contribution is 7.90. The number of benzene rings is 1. The summed E-state index contributed by atoms with van der Waals surface area (Å²) in [5, 5.41) is 30.4. The molecule has 0 unspecified atom stereocenters. The first-order valence-electron chi connectivity index (χ1n) is 12.4. The summed E-state index contributed by atoms with van der Waals surface area (Å²) in [6, 6.07) is 12.8. The number of thiophene rings is 1. The first kappa shape index (κ1) is 30.7. The normalized spacial score (nSPS) is 13.7. The first-order chi connectivity index (χ1) is 19.1. The fraction of sp³-hybridized carbons (Fsp3) is 0.286. The molecular formula is C28H29ClN4O6S2. The van der Waals surface area contributed by atoms with Gasteiger partial charge in [0.05, 0.1) is 22.0 Å². The molecule has 3 aromatic heterocycles. The average molecular weight is 617 g/mol. The van der Waals surface area contributed by atoms with Gasteiger partial charge in [0.2, 0.25) is 0 Å². The number of rotatable bonds is 7. The Hall–Kier alpha value is -3.26. The van der Waals surface area contributed by atoms with E-state index in [1.807, 2.05) is 30.3 Å². The summed E-state index contributed by atoms with van der Waals surface area (Å²) >= 11 is 6.31. The fourth-order valence-electron chi connectivity index (χ4n) is 3.97. The third kappa shape index (κ3) is 6.64. The molecule has 0 spiro atoms. The van der Waals surface area contributed by atoms with Gasteiger partial charge in [-0.1, -0.05) is 29.8 Å². The number of nitrogens with zero attached hydrogens (tertiary/aromatic N) is 3. The first-order valence-corrected chi connectivity index (χ1v) is 14.7. The van der Waals surface area contributed by atoms with E-state index in [0.29, 0.717) is 16.1 Å². The van der Waals surface area contributed by atoms with Gasteiger partial charge < -0.3 is 19.9 Å². The number of pyridine rings is 2. The third-order valence-electron chi connectivity index (χ3n) is 6.11. The number of carbonyl (C=O) groups is 2. The molecule has 216 valence electrons. The van der Waals surface area contributed by atoms with E-state index in [1.165, 1.54) is 23.5 Å². The second-order valence-electron chi connectivity index (χ2n) is 10.7. The number of hydrogen-bond acceptors (Lipinski definition) is 8. The van der Waals surface area contributed by atoms with Gasteiger partial charge in [0.15, 0.2) is 0 Å². The predicted octanol–water partition coefficient (Wildman–Crippen LogP) is 6.54. The molecule has 0 fully saturated rings. The molecule has 10 nitrogen and oxygen atoms in total. The van der Waals surface area contributed by atoms with Gasteiger partial charge in [0.25, 0.3) is 0 Å². The summed E-state index contributed by atoms with van der Waals surface area (Å²) in [5.41, 5.74) is 1.22. The highest BCUT2D eigenvalue weighted by Gasteiger charge is 2.34. The maximum absolute atomic E-state index is 13.3. The molecule has 13 heteroatoms. The molecule has 4 N–H and O–H groups in total. The Balaban J connectivity index is 1.90. The van der Waals surface area contributed by atoms with Crippen molar-refractivity contribution in [3.05, 3.63) is 75.9 Å². The van der Waals surface area contributed by atoms with Crippen LogP contribution in [0.25, 0.3) is 21.3 Å². The largest absolute Gasteiger partial charge is 0.598 e. The average Bonchev–Trinajstić information content (AvgIpc) is 3.31. The van der Waals surface area contributed by atoms with Crippen LogP contribution in [0, 0.1) is 0 Å². The van der Waals surface area contributed by atoms with E-state index in [2.05, 4.69) is 14.7 Å². The summed E-state index contributed by atoms with van der Waals surface area (Å²) in [4.78, 5) is 32.9. The molecule has 4 rings (SSSR count). The number of aliphatic hydroxyl groups is 1. The number of aromatic nitrogens is 2. The highest BCUT2D eigenvalue weighted by atomic mass is 35.5. The van der Waals surface area contributed by atoms with E-state index in [0.717, 1.165) is 15.6 Å². The lowest BCUT2D eigenvalue weighted by atomic mass is 9.97. The Labute approximate surface area is 249 Å². The van der Waals surface area contributed by atoms with Crippen LogP contribution in [-0.4, -0.2) is 46.8 Å². The maximum Gasteiger partial charge on any atom is 0.422 e. The molecule has 0 aliphatic rings. The summed E-state index contributed by atoms with van der Waals surface area (Å²) in [7, 11) is 0. The van der Waals surface area contributed by atoms with Crippen LogP contribution in [0.2, 0.25) is 5.02 Å². The molecular weight excluding hydrogens is 588 g/mol.